The number of hydrogen-bond acceptors (Lipinski definition) is 5. The molecule has 1 heterocycles. The van der Waals surface area contributed by atoms with Gasteiger partial charge < -0.3 is 24.4 Å². The number of anilines is 2. The molecule has 2 aromatic rings. The molecule has 7 heteroatoms. The summed E-state index contributed by atoms with van der Waals surface area (Å²) in [5, 5.41) is 2.73. The van der Waals surface area contributed by atoms with Crippen LogP contribution in [-0.2, 0) is 16.0 Å². The monoisotopic (exact) mass is 384 g/mol. The molecule has 0 radical (unpaired) electrons. The largest absolute Gasteiger partial charge is 0.493 e. The highest BCUT2D eigenvalue weighted by Crippen LogP contribution is 2.40. The summed E-state index contributed by atoms with van der Waals surface area (Å²) in [5.41, 5.74) is 2.45. The summed E-state index contributed by atoms with van der Waals surface area (Å²) in [6.07, 6.45) is 0.533. The van der Waals surface area contributed by atoms with E-state index in [9.17, 15) is 9.59 Å². The Kier molecular flexibility index (Phi) is 5.73. The van der Waals surface area contributed by atoms with E-state index in [1.807, 2.05) is 31.2 Å². The third-order valence-electron chi connectivity index (χ3n) is 4.74. The Hall–Kier alpha value is -3.22. The van der Waals surface area contributed by atoms with E-state index in [1.165, 1.54) is 21.3 Å². The molecular weight excluding hydrogens is 360 g/mol. The van der Waals surface area contributed by atoms with Crippen LogP contribution < -0.4 is 24.4 Å². The van der Waals surface area contributed by atoms with Gasteiger partial charge in [-0.05, 0) is 25.0 Å². The summed E-state index contributed by atoms with van der Waals surface area (Å²) in [6.45, 7) is 1.98. The Balaban J connectivity index is 1.73. The molecule has 1 unspecified atom stereocenters. The molecule has 0 spiro atoms. The Morgan fingerprint density at radius 3 is 2.32 bits per heavy atom. The molecule has 0 aromatic heterocycles. The maximum Gasteiger partial charge on any atom is 0.236 e. The number of carbonyl (C=O) groups excluding carboxylic acids is 2. The quantitative estimate of drug-likeness (QED) is 0.775. The number of nitrogens with zero attached hydrogens (tertiary/aromatic N) is 1. The van der Waals surface area contributed by atoms with Crippen LogP contribution in [0, 0.1) is 0 Å². The molecule has 7 nitrogen and oxygen atoms in total. The minimum absolute atomic E-state index is 0.0267. The summed E-state index contributed by atoms with van der Waals surface area (Å²) in [7, 11) is 4.50. The van der Waals surface area contributed by atoms with Crippen molar-refractivity contribution in [3.63, 3.8) is 0 Å². The van der Waals surface area contributed by atoms with Crippen molar-refractivity contribution in [1.29, 1.82) is 0 Å². The normalized spacial score (nSPS) is 15.0. The summed E-state index contributed by atoms with van der Waals surface area (Å²) in [4.78, 5) is 26.9. The lowest BCUT2D eigenvalue weighted by Crippen LogP contribution is -2.37. The molecule has 1 N–H and O–H groups in total. The van der Waals surface area contributed by atoms with Gasteiger partial charge in [-0.3, -0.25) is 9.59 Å². The number of fused-ring (bicyclic) bond motifs is 1. The molecule has 1 atom stereocenters. The van der Waals surface area contributed by atoms with E-state index in [0.717, 1.165) is 17.7 Å². The van der Waals surface area contributed by atoms with Crippen LogP contribution in [0.1, 0.15) is 18.9 Å². The molecule has 2 aromatic carbocycles. The lowest BCUT2D eigenvalue weighted by atomic mass is 10.1. The first-order valence-electron chi connectivity index (χ1n) is 8.98. The maximum absolute atomic E-state index is 12.8. The summed E-state index contributed by atoms with van der Waals surface area (Å²) in [5.74, 6) is 0.635. The van der Waals surface area contributed by atoms with E-state index in [4.69, 9.17) is 14.2 Å². The van der Waals surface area contributed by atoms with Crippen LogP contribution in [0.5, 0.6) is 17.2 Å². The van der Waals surface area contributed by atoms with E-state index in [-0.39, 0.29) is 18.4 Å². The number of carbonyl (C=O) groups is 2. The average Bonchev–Trinajstić information content (AvgIpc) is 3.02. The Bertz CT molecular complexity index is 871. The summed E-state index contributed by atoms with van der Waals surface area (Å²) < 4.78 is 15.8. The number of nitrogens with one attached hydrogen (secondary N) is 1. The molecule has 1 aliphatic rings. The third-order valence-corrected chi connectivity index (χ3v) is 4.74. The highest BCUT2D eigenvalue weighted by atomic mass is 16.5. The van der Waals surface area contributed by atoms with Crippen LogP contribution in [0.3, 0.4) is 0 Å². The predicted octanol–water partition coefficient (Wildman–Crippen LogP) is 3.02. The van der Waals surface area contributed by atoms with Gasteiger partial charge in [-0.2, -0.15) is 0 Å². The van der Waals surface area contributed by atoms with Crippen molar-refractivity contribution < 1.29 is 23.8 Å². The highest BCUT2D eigenvalue weighted by molar-refractivity contribution is 6.10. The van der Waals surface area contributed by atoms with Crippen molar-refractivity contribution in [2.45, 2.75) is 25.8 Å². The van der Waals surface area contributed by atoms with Crippen LogP contribution in [0.4, 0.5) is 11.4 Å². The second kappa shape index (κ2) is 8.21. The van der Waals surface area contributed by atoms with Crippen molar-refractivity contribution >= 4 is 23.2 Å². The minimum Gasteiger partial charge on any atom is -0.493 e. The molecule has 3 rings (SSSR count). The smallest absolute Gasteiger partial charge is 0.236 e. The Morgan fingerprint density at radius 2 is 1.71 bits per heavy atom. The first-order valence-corrected chi connectivity index (χ1v) is 8.98. The number of methoxy groups -OCH3 is 3. The molecule has 0 bridgehead atoms. The second-order valence-electron chi connectivity index (χ2n) is 6.58. The number of hydrogen-bond donors (Lipinski definition) is 1. The van der Waals surface area contributed by atoms with Gasteiger partial charge in [0.2, 0.25) is 17.6 Å². The van der Waals surface area contributed by atoms with Crippen LogP contribution >= 0.6 is 0 Å². The zero-order valence-electron chi connectivity index (χ0n) is 16.4. The number of para-hydroxylation sites is 1. The fourth-order valence-electron chi connectivity index (χ4n) is 3.53. The zero-order valence-corrected chi connectivity index (χ0v) is 16.4. The van der Waals surface area contributed by atoms with Crippen molar-refractivity contribution in [2.75, 3.05) is 31.5 Å². The van der Waals surface area contributed by atoms with Crippen molar-refractivity contribution in [1.82, 2.24) is 0 Å². The van der Waals surface area contributed by atoms with Gasteiger partial charge in [0.1, 0.15) is 6.42 Å². The van der Waals surface area contributed by atoms with Gasteiger partial charge in [0.25, 0.3) is 0 Å². The van der Waals surface area contributed by atoms with Gasteiger partial charge in [0, 0.05) is 29.5 Å². The van der Waals surface area contributed by atoms with Gasteiger partial charge in [0.15, 0.2) is 11.5 Å². The molecule has 0 saturated carbocycles. The van der Waals surface area contributed by atoms with Crippen molar-refractivity contribution in [3.05, 3.63) is 42.0 Å². The van der Waals surface area contributed by atoms with Gasteiger partial charge in [-0.1, -0.05) is 18.2 Å². The van der Waals surface area contributed by atoms with Crippen molar-refractivity contribution in [3.8, 4) is 17.2 Å². The molecule has 0 fully saturated rings. The molecule has 2 amide bonds. The molecule has 1 aliphatic heterocycles. The van der Waals surface area contributed by atoms with E-state index in [1.54, 1.807) is 17.0 Å². The molecule has 148 valence electrons. The Labute approximate surface area is 164 Å². The fraction of sp³-hybridized carbons (Fsp3) is 0.333. The molecule has 0 aliphatic carbocycles. The topological polar surface area (TPSA) is 77.1 Å². The van der Waals surface area contributed by atoms with Gasteiger partial charge >= 0.3 is 0 Å². The predicted molar refractivity (Wildman–Crippen MR) is 106 cm³/mol. The van der Waals surface area contributed by atoms with E-state index >= 15 is 0 Å². The number of ether oxygens (including phenoxy) is 3. The molecule has 0 saturated heterocycles. The van der Waals surface area contributed by atoms with Crippen LogP contribution in [0.25, 0.3) is 0 Å². The lowest BCUT2D eigenvalue weighted by Gasteiger charge is -2.22. The van der Waals surface area contributed by atoms with E-state index in [0.29, 0.717) is 22.9 Å². The van der Waals surface area contributed by atoms with Crippen LogP contribution in [0.2, 0.25) is 0 Å². The van der Waals surface area contributed by atoms with E-state index < -0.39 is 5.91 Å². The standard InChI is InChI=1S/C21H24N2O5/c1-13-9-14-7-5-6-8-16(14)23(13)20(25)12-19(24)22-15-10-17(26-2)21(28-4)18(11-15)27-3/h5-8,10-11,13H,9,12H2,1-4H3,(H,22,24). The minimum atomic E-state index is -0.407. The van der Waals surface area contributed by atoms with Crippen LogP contribution in [0.15, 0.2) is 36.4 Å². The number of amides is 2. The highest BCUT2D eigenvalue weighted by Gasteiger charge is 2.31. The third kappa shape index (κ3) is 3.74. The van der Waals surface area contributed by atoms with E-state index in [2.05, 4.69) is 5.32 Å². The average molecular weight is 384 g/mol. The summed E-state index contributed by atoms with van der Waals surface area (Å²) >= 11 is 0. The van der Waals surface area contributed by atoms with Gasteiger partial charge in [-0.25, -0.2) is 0 Å². The van der Waals surface area contributed by atoms with Crippen LogP contribution in [-0.4, -0.2) is 39.2 Å². The maximum atomic E-state index is 12.8. The first kappa shape index (κ1) is 19.5. The SMILES string of the molecule is COc1cc(NC(=O)CC(=O)N2c3ccccc3CC2C)cc(OC)c1OC. The Morgan fingerprint density at radius 1 is 1.07 bits per heavy atom. The van der Waals surface area contributed by atoms with Gasteiger partial charge in [0.05, 0.1) is 21.3 Å². The number of benzene rings is 2. The second-order valence-corrected chi connectivity index (χ2v) is 6.58. The number of rotatable bonds is 6. The van der Waals surface area contributed by atoms with Crippen molar-refractivity contribution in [2.24, 2.45) is 0 Å². The molecule has 28 heavy (non-hydrogen) atoms. The lowest BCUT2D eigenvalue weighted by molar-refractivity contribution is -0.125. The fourth-order valence-corrected chi connectivity index (χ4v) is 3.53. The summed E-state index contributed by atoms with van der Waals surface area (Å²) in [6, 6.07) is 11.0. The zero-order chi connectivity index (χ0) is 20.3. The van der Waals surface area contributed by atoms with Gasteiger partial charge in [-0.15, -0.1) is 0 Å². The molecular formula is C21H24N2O5. The first-order chi connectivity index (χ1) is 13.5.